The monoisotopic (exact) mass is 305 g/mol. The van der Waals surface area contributed by atoms with Crippen molar-refractivity contribution >= 4 is 21.6 Å². The molecule has 0 aliphatic carbocycles. The molecule has 1 atom stereocenters. The lowest BCUT2D eigenvalue weighted by Gasteiger charge is -2.16. The molecule has 4 nitrogen and oxygen atoms in total. The molecule has 0 bridgehead atoms. The van der Waals surface area contributed by atoms with E-state index in [1.165, 1.54) is 0 Å². The maximum atomic E-state index is 12.1. The van der Waals surface area contributed by atoms with Crippen LogP contribution in [0.25, 0.3) is 0 Å². The van der Waals surface area contributed by atoms with E-state index in [2.05, 4.69) is 4.72 Å². The Kier molecular flexibility index (Phi) is 6.79. The number of benzene rings is 1. The summed E-state index contributed by atoms with van der Waals surface area (Å²) in [5.74, 6) is 0.513. The summed E-state index contributed by atoms with van der Waals surface area (Å²) in [6.07, 6.45) is 1.78. The van der Waals surface area contributed by atoms with Gasteiger partial charge < -0.3 is 5.11 Å². The van der Waals surface area contributed by atoms with Crippen LogP contribution in [0.5, 0.6) is 0 Å². The van der Waals surface area contributed by atoms with Gasteiger partial charge in [-0.1, -0.05) is 19.1 Å². The summed E-state index contributed by atoms with van der Waals surface area (Å²) in [4.78, 5) is 0.238. The fourth-order valence-electron chi connectivity index (χ4n) is 1.73. The van der Waals surface area contributed by atoms with Gasteiger partial charge in [-0.3, -0.25) is 0 Å². The van der Waals surface area contributed by atoms with Gasteiger partial charge in [-0.05, 0) is 37.0 Å². The Labute approximate surface area is 119 Å². The second-order valence-electron chi connectivity index (χ2n) is 4.32. The summed E-state index contributed by atoms with van der Waals surface area (Å²) in [5, 5.41) is 8.88. The molecule has 1 unspecified atom stereocenters. The smallest absolute Gasteiger partial charge is 0.240 e. The Balaban J connectivity index is 2.81. The van der Waals surface area contributed by atoms with Crippen LogP contribution in [0.2, 0.25) is 0 Å². The molecule has 6 heteroatoms. The third-order valence-electron chi connectivity index (χ3n) is 2.91. The summed E-state index contributed by atoms with van der Waals surface area (Å²) in [6.45, 7) is 1.85. The molecule has 0 amide bonds. The maximum Gasteiger partial charge on any atom is 0.240 e. The van der Waals surface area contributed by atoms with Crippen molar-refractivity contribution in [3.05, 3.63) is 29.8 Å². The molecule has 1 rings (SSSR count). The molecule has 2 N–H and O–H groups in total. The van der Waals surface area contributed by atoms with Crippen molar-refractivity contribution in [3.8, 4) is 0 Å². The number of hydrogen-bond donors (Lipinski definition) is 2. The van der Waals surface area contributed by atoms with Crippen LogP contribution in [0.3, 0.4) is 0 Å². The van der Waals surface area contributed by atoms with Gasteiger partial charge in [0.2, 0.25) is 10.0 Å². The summed E-state index contributed by atoms with van der Waals surface area (Å²) in [7, 11) is -3.52. The van der Waals surface area contributed by atoms with Gasteiger partial charge in [0.15, 0.2) is 0 Å². The number of halogens is 1. The Morgan fingerprint density at radius 3 is 2.42 bits per heavy atom. The molecule has 0 spiro atoms. The van der Waals surface area contributed by atoms with E-state index < -0.39 is 10.0 Å². The molecule has 108 valence electrons. The van der Waals surface area contributed by atoms with Crippen LogP contribution in [0.15, 0.2) is 29.2 Å². The van der Waals surface area contributed by atoms with Crippen LogP contribution >= 0.6 is 11.6 Å². The first-order valence-corrected chi connectivity index (χ1v) is 8.33. The molecule has 19 heavy (non-hydrogen) atoms. The summed E-state index contributed by atoms with van der Waals surface area (Å²) in [5.41, 5.74) is 1.01. The predicted octanol–water partition coefficient (Wildman–Crippen LogP) is 1.91. The summed E-state index contributed by atoms with van der Waals surface area (Å²) >= 11 is 5.63. The summed E-state index contributed by atoms with van der Waals surface area (Å²) in [6, 6.07) is 6.46. The molecule has 0 radical (unpaired) electrons. The molecule has 0 aliphatic rings. The maximum absolute atomic E-state index is 12.1. The zero-order chi connectivity index (χ0) is 14.3. The first kappa shape index (κ1) is 16.4. The first-order valence-electron chi connectivity index (χ1n) is 6.31. The second-order valence-corrected chi connectivity index (χ2v) is 6.41. The van der Waals surface area contributed by atoms with Crippen LogP contribution in [0, 0.1) is 0 Å². The van der Waals surface area contributed by atoms with Gasteiger partial charge in [-0.25, -0.2) is 13.1 Å². The van der Waals surface area contributed by atoms with Crippen molar-refractivity contribution in [2.75, 3.05) is 12.5 Å². The predicted molar refractivity (Wildman–Crippen MR) is 77.0 cm³/mol. The molecule has 0 saturated heterocycles. The van der Waals surface area contributed by atoms with E-state index in [-0.39, 0.29) is 17.5 Å². The summed E-state index contributed by atoms with van der Waals surface area (Å²) < 4.78 is 26.9. The van der Waals surface area contributed by atoms with Crippen LogP contribution in [0.1, 0.15) is 25.3 Å². The number of rotatable bonds is 8. The van der Waals surface area contributed by atoms with E-state index >= 15 is 0 Å². The van der Waals surface area contributed by atoms with Crippen molar-refractivity contribution in [1.82, 2.24) is 4.72 Å². The third kappa shape index (κ3) is 5.10. The fourth-order valence-corrected chi connectivity index (χ4v) is 3.31. The quantitative estimate of drug-likeness (QED) is 0.721. The van der Waals surface area contributed by atoms with Crippen LogP contribution in [-0.4, -0.2) is 32.1 Å². The number of aryl methyl sites for hydroxylation is 1. The molecule has 1 aromatic carbocycles. The molecule has 0 aromatic heterocycles. The first-order chi connectivity index (χ1) is 9.03. The highest BCUT2D eigenvalue weighted by Gasteiger charge is 2.18. The standard InChI is InChI=1S/C13H20ClNO3S/c1-2-12(8-10-16)15-19(17,18)13-5-3-11(4-6-13)7-9-14/h3-6,12,15-16H,2,7-10H2,1H3. The van der Waals surface area contributed by atoms with Gasteiger partial charge >= 0.3 is 0 Å². The Morgan fingerprint density at radius 1 is 1.32 bits per heavy atom. The highest BCUT2D eigenvalue weighted by atomic mass is 35.5. The van der Waals surface area contributed by atoms with E-state index in [4.69, 9.17) is 16.7 Å². The highest BCUT2D eigenvalue weighted by molar-refractivity contribution is 7.89. The van der Waals surface area contributed by atoms with Gasteiger partial charge in [-0.15, -0.1) is 11.6 Å². The zero-order valence-electron chi connectivity index (χ0n) is 11.0. The van der Waals surface area contributed by atoms with E-state index in [0.29, 0.717) is 18.7 Å². The number of hydrogen-bond acceptors (Lipinski definition) is 3. The topological polar surface area (TPSA) is 66.4 Å². The van der Waals surface area contributed by atoms with Gasteiger partial charge in [0.05, 0.1) is 4.90 Å². The minimum atomic E-state index is -3.52. The van der Waals surface area contributed by atoms with E-state index in [0.717, 1.165) is 12.0 Å². The zero-order valence-corrected chi connectivity index (χ0v) is 12.5. The molecular formula is C13H20ClNO3S. The van der Waals surface area contributed by atoms with Gasteiger partial charge in [-0.2, -0.15) is 0 Å². The Morgan fingerprint density at radius 2 is 1.95 bits per heavy atom. The number of aliphatic hydroxyl groups is 1. The van der Waals surface area contributed by atoms with E-state index in [1.54, 1.807) is 24.3 Å². The lowest BCUT2D eigenvalue weighted by molar-refractivity contribution is 0.270. The minimum absolute atomic E-state index is 0.0321. The average molecular weight is 306 g/mol. The van der Waals surface area contributed by atoms with Gasteiger partial charge in [0, 0.05) is 18.5 Å². The molecule has 0 saturated carbocycles. The van der Waals surface area contributed by atoms with E-state index in [1.807, 2.05) is 6.92 Å². The fraction of sp³-hybridized carbons (Fsp3) is 0.538. The highest BCUT2D eigenvalue weighted by Crippen LogP contribution is 2.13. The lowest BCUT2D eigenvalue weighted by atomic mass is 10.2. The molecule has 0 fully saturated rings. The number of alkyl halides is 1. The van der Waals surface area contributed by atoms with Gasteiger partial charge in [0.1, 0.15) is 0 Å². The third-order valence-corrected chi connectivity index (χ3v) is 4.63. The van der Waals surface area contributed by atoms with E-state index in [9.17, 15) is 8.42 Å². The SMILES string of the molecule is CCC(CCO)NS(=O)(=O)c1ccc(CCCl)cc1. The Hall–Kier alpha value is -0.620. The average Bonchev–Trinajstić information content (AvgIpc) is 2.39. The van der Waals surface area contributed by atoms with Crippen molar-refractivity contribution in [1.29, 1.82) is 0 Å². The number of aliphatic hydroxyl groups excluding tert-OH is 1. The largest absolute Gasteiger partial charge is 0.396 e. The minimum Gasteiger partial charge on any atom is -0.396 e. The van der Waals surface area contributed by atoms with Crippen molar-refractivity contribution in [2.45, 2.75) is 37.1 Å². The molecule has 1 aromatic rings. The van der Waals surface area contributed by atoms with Crippen molar-refractivity contribution < 1.29 is 13.5 Å². The van der Waals surface area contributed by atoms with Crippen LogP contribution in [0.4, 0.5) is 0 Å². The molecule has 0 heterocycles. The second kappa shape index (κ2) is 7.85. The molecule has 0 aliphatic heterocycles. The van der Waals surface area contributed by atoms with Crippen LogP contribution < -0.4 is 4.72 Å². The number of nitrogens with one attached hydrogen (secondary N) is 1. The van der Waals surface area contributed by atoms with Gasteiger partial charge in [0.25, 0.3) is 0 Å². The molecular weight excluding hydrogens is 286 g/mol. The Bertz CT molecular complexity index is 473. The lowest BCUT2D eigenvalue weighted by Crippen LogP contribution is -2.35. The normalized spacial score (nSPS) is 13.4. The van der Waals surface area contributed by atoms with Crippen molar-refractivity contribution in [2.24, 2.45) is 0 Å². The van der Waals surface area contributed by atoms with Crippen molar-refractivity contribution in [3.63, 3.8) is 0 Å². The van der Waals surface area contributed by atoms with Crippen LogP contribution in [-0.2, 0) is 16.4 Å². The number of sulfonamides is 1.